The number of hydrogen-bond donors (Lipinski definition) is 1. The third-order valence-corrected chi connectivity index (χ3v) is 6.17. The van der Waals surface area contributed by atoms with Gasteiger partial charge in [-0.2, -0.15) is 0 Å². The van der Waals surface area contributed by atoms with E-state index in [1.807, 2.05) is 17.0 Å². The van der Waals surface area contributed by atoms with Crippen molar-refractivity contribution in [3.63, 3.8) is 0 Å². The third kappa shape index (κ3) is 4.71. The summed E-state index contributed by atoms with van der Waals surface area (Å²) in [4.78, 5) is 29.5. The number of carbonyl (C=O) groups excluding carboxylic acids is 2. The molecule has 1 aliphatic carbocycles. The standard InChI is InChI=1S/C21H29N3O2.ClH/c25-20(18-5-4-16-2-1-3-17(16)14-18)6-7-21(26)24-11-8-19(15-24)23-12-9-22-10-13-23;/h4-5,14,19,22H,1-3,6-13,15H2;1H. The van der Waals surface area contributed by atoms with E-state index in [0.717, 1.165) is 64.1 Å². The molecule has 0 radical (unpaired) electrons. The highest BCUT2D eigenvalue weighted by atomic mass is 35.5. The number of benzene rings is 1. The van der Waals surface area contributed by atoms with E-state index in [9.17, 15) is 9.59 Å². The summed E-state index contributed by atoms with van der Waals surface area (Å²) in [5.74, 6) is 0.239. The summed E-state index contributed by atoms with van der Waals surface area (Å²) in [5, 5.41) is 3.38. The summed E-state index contributed by atoms with van der Waals surface area (Å²) in [7, 11) is 0. The van der Waals surface area contributed by atoms with Gasteiger partial charge in [-0.3, -0.25) is 14.5 Å². The number of halogens is 1. The maximum Gasteiger partial charge on any atom is 0.223 e. The molecule has 1 aromatic rings. The van der Waals surface area contributed by atoms with Gasteiger partial charge >= 0.3 is 0 Å². The average molecular weight is 392 g/mol. The number of carbonyl (C=O) groups is 2. The van der Waals surface area contributed by atoms with Gasteiger partial charge in [0.15, 0.2) is 5.78 Å². The van der Waals surface area contributed by atoms with E-state index in [1.165, 1.54) is 17.5 Å². The Hall–Kier alpha value is -1.43. The Morgan fingerprint density at radius 1 is 1.04 bits per heavy atom. The number of rotatable bonds is 5. The van der Waals surface area contributed by atoms with Gasteiger partial charge in [0.2, 0.25) is 5.91 Å². The molecular weight excluding hydrogens is 362 g/mol. The molecule has 27 heavy (non-hydrogen) atoms. The van der Waals surface area contributed by atoms with Gasteiger partial charge < -0.3 is 10.2 Å². The van der Waals surface area contributed by atoms with Crippen molar-refractivity contribution >= 4 is 24.1 Å². The number of likely N-dealkylation sites (tertiary alicyclic amines) is 1. The number of hydrogen-bond acceptors (Lipinski definition) is 4. The molecule has 148 valence electrons. The zero-order valence-corrected chi connectivity index (χ0v) is 16.7. The Labute approximate surface area is 167 Å². The third-order valence-electron chi connectivity index (χ3n) is 6.17. The number of Topliss-reactive ketones (excluding diaryl/α,β-unsaturated/α-hetero) is 1. The van der Waals surface area contributed by atoms with Crippen molar-refractivity contribution in [2.45, 2.75) is 44.6 Å². The molecule has 0 spiro atoms. The van der Waals surface area contributed by atoms with Crippen LogP contribution >= 0.6 is 12.4 Å². The number of fused-ring (bicyclic) bond motifs is 1. The smallest absolute Gasteiger partial charge is 0.223 e. The topological polar surface area (TPSA) is 52.7 Å². The maximum atomic E-state index is 12.5. The maximum absolute atomic E-state index is 12.5. The largest absolute Gasteiger partial charge is 0.341 e. The van der Waals surface area contributed by atoms with Gasteiger partial charge in [-0.25, -0.2) is 0 Å². The Kier molecular flexibility index (Phi) is 6.90. The van der Waals surface area contributed by atoms with Crippen LogP contribution in [0.25, 0.3) is 0 Å². The van der Waals surface area contributed by atoms with Gasteiger partial charge in [0, 0.05) is 63.7 Å². The quantitative estimate of drug-likeness (QED) is 0.781. The monoisotopic (exact) mass is 391 g/mol. The molecule has 0 saturated carbocycles. The molecule has 1 amide bonds. The number of aryl methyl sites for hydroxylation is 2. The van der Waals surface area contributed by atoms with Crippen LogP contribution in [-0.4, -0.2) is 66.8 Å². The Morgan fingerprint density at radius 2 is 1.81 bits per heavy atom. The van der Waals surface area contributed by atoms with E-state index in [2.05, 4.69) is 16.3 Å². The van der Waals surface area contributed by atoms with Crippen LogP contribution in [0.3, 0.4) is 0 Å². The number of nitrogens with zero attached hydrogens (tertiary/aromatic N) is 2. The minimum atomic E-state index is 0. The summed E-state index contributed by atoms with van der Waals surface area (Å²) in [6.45, 7) is 5.89. The fourth-order valence-electron chi connectivity index (χ4n) is 4.58. The van der Waals surface area contributed by atoms with Gasteiger partial charge in [0.05, 0.1) is 0 Å². The van der Waals surface area contributed by atoms with Crippen LogP contribution in [-0.2, 0) is 17.6 Å². The highest BCUT2D eigenvalue weighted by molar-refractivity contribution is 5.98. The second kappa shape index (κ2) is 9.18. The van der Waals surface area contributed by atoms with E-state index >= 15 is 0 Å². The van der Waals surface area contributed by atoms with E-state index in [0.29, 0.717) is 18.9 Å². The van der Waals surface area contributed by atoms with Crippen LogP contribution in [0.2, 0.25) is 0 Å². The molecule has 3 aliphatic rings. The van der Waals surface area contributed by atoms with E-state index in [4.69, 9.17) is 0 Å². The number of piperazine rings is 1. The van der Waals surface area contributed by atoms with Crippen molar-refractivity contribution in [2.75, 3.05) is 39.3 Å². The fourth-order valence-corrected chi connectivity index (χ4v) is 4.58. The molecule has 1 atom stereocenters. The lowest BCUT2D eigenvalue weighted by Gasteiger charge is -2.32. The van der Waals surface area contributed by atoms with Crippen molar-refractivity contribution in [2.24, 2.45) is 0 Å². The van der Waals surface area contributed by atoms with Crippen molar-refractivity contribution in [1.82, 2.24) is 15.1 Å². The second-order valence-electron chi connectivity index (χ2n) is 7.83. The lowest BCUT2D eigenvalue weighted by molar-refractivity contribution is -0.130. The molecule has 2 heterocycles. The molecule has 1 unspecified atom stereocenters. The van der Waals surface area contributed by atoms with E-state index < -0.39 is 0 Å². The lowest BCUT2D eigenvalue weighted by atomic mass is 10.0. The minimum absolute atomic E-state index is 0. The molecule has 6 heteroatoms. The van der Waals surface area contributed by atoms with Gasteiger partial charge in [-0.05, 0) is 42.9 Å². The minimum Gasteiger partial charge on any atom is -0.341 e. The van der Waals surface area contributed by atoms with Crippen molar-refractivity contribution < 1.29 is 9.59 Å². The first-order valence-corrected chi connectivity index (χ1v) is 10.1. The van der Waals surface area contributed by atoms with Crippen LogP contribution < -0.4 is 5.32 Å². The van der Waals surface area contributed by atoms with E-state index in [-0.39, 0.29) is 24.1 Å². The highest BCUT2D eigenvalue weighted by Gasteiger charge is 2.30. The van der Waals surface area contributed by atoms with Crippen LogP contribution in [0.15, 0.2) is 18.2 Å². The van der Waals surface area contributed by atoms with Crippen LogP contribution in [0.1, 0.15) is 47.2 Å². The summed E-state index contributed by atoms with van der Waals surface area (Å²) < 4.78 is 0. The Bertz CT molecular complexity index is 688. The molecule has 0 bridgehead atoms. The van der Waals surface area contributed by atoms with Gasteiger partial charge in [0.25, 0.3) is 0 Å². The summed E-state index contributed by atoms with van der Waals surface area (Å²) in [6.07, 6.45) is 5.12. The van der Waals surface area contributed by atoms with Gasteiger partial charge in [-0.15, -0.1) is 12.4 Å². The molecule has 2 fully saturated rings. The average Bonchev–Trinajstić information content (AvgIpc) is 3.35. The van der Waals surface area contributed by atoms with Crippen molar-refractivity contribution in [3.05, 3.63) is 34.9 Å². The zero-order chi connectivity index (χ0) is 17.9. The van der Waals surface area contributed by atoms with Crippen LogP contribution in [0, 0.1) is 0 Å². The second-order valence-corrected chi connectivity index (χ2v) is 7.83. The molecule has 1 N–H and O–H groups in total. The first-order chi connectivity index (χ1) is 12.7. The molecule has 5 nitrogen and oxygen atoms in total. The SMILES string of the molecule is Cl.O=C(CCC(=O)N1CCC(N2CCNCC2)C1)c1ccc2c(c1)CCC2. The highest BCUT2D eigenvalue weighted by Crippen LogP contribution is 2.24. The molecular formula is C21H30ClN3O2. The van der Waals surface area contributed by atoms with Crippen molar-refractivity contribution in [1.29, 1.82) is 0 Å². The number of amides is 1. The first-order valence-electron chi connectivity index (χ1n) is 10.1. The number of nitrogens with one attached hydrogen (secondary N) is 1. The van der Waals surface area contributed by atoms with Crippen LogP contribution in [0.4, 0.5) is 0 Å². The summed E-state index contributed by atoms with van der Waals surface area (Å²) in [5.41, 5.74) is 3.48. The molecule has 4 rings (SSSR count). The van der Waals surface area contributed by atoms with Gasteiger partial charge in [0.1, 0.15) is 0 Å². The first kappa shape index (κ1) is 20.3. The lowest BCUT2D eigenvalue weighted by Crippen LogP contribution is -2.49. The molecule has 2 aliphatic heterocycles. The zero-order valence-electron chi connectivity index (χ0n) is 15.9. The predicted octanol–water partition coefficient (Wildman–Crippen LogP) is 2.07. The van der Waals surface area contributed by atoms with Crippen LogP contribution in [0.5, 0.6) is 0 Å². The molecule has 1 aromatic carbocycles. The summed E-state index contributed by atoms with van der Waals surface area (Å²) >= 11 is 0. The molecule has 2 saturated heterocycles. The summed E-state index contributed by atoms with van der Waals surface area (Å²) in [6, 6.07) is 6.57. The Balaban J connectivity index is 0.00000210. The predicted molar refractivity (Wildman–Crippen MR) is 109 cm³/mol. The Morgan fingerprint density at radius 3 is 2.63 bits per heavy atom. The fraction of sp³-hybridized carbons (Fsp3) is 0.619. The van der Waals surface area contributed by atoms with E-state index in [1.54, 1.807) is 0 Å². The number of ketones is 1. The van der Waals surface area contributed by atoms with Gasteiger partial charge in [-0.1, -0.05) is 12.1 Å². The normalized spacial score (nSPS) is 22.4. The van der Waals surface area contributed by atoms with Crippen molar-refractivity contribution in [3.8, 4) is 0 Å². The molecule has 0 aromatic heterocycles.